The van der Waals surface area contributed by atoms with E-state index in [0.29, 0.717) is 6.04 Å². The van der Waals surface area contributed by atoms with Crippen molar-refractivity contribution in [3.05, 3.63) is 16.6 Å². The summed E-state index contributed by atoms with van der Waals surface area (Å²) < 4.78 is 1.83. The standard InChI is InChI=1S/C10H16N6S2/c1-8(2)11-3-5-16-10(13-14-15-16)18-7-9-12-4-6-17-9/h4,6,8,11H,3,5,7H2,1-2H3. The second-order valence-electron chi connectivity index (χ2n) is 4.01. The third-order valence-corrected chi connectivity index (χ3v) is 4.11. The summed E-state index contributed by atoms with van der Waals surface area (Å²) in [7, 11) is 0. The summed E-state index contributed by atoms with van der Waals surface area (Å²) in [5.41, 5.74) is 0. The molecule has 0 aromatic carbocycles. The van der Waals surface area contributed by atoms with E-state index in [0.717, 1.165) is 29.0 Å². The molecule has 2 aromatic heterocycles. The molecule has 2 heterocycles. The number of aromatic nitrogens is 5. The van der Waals surface area contributed by atoms with Crippen LogP contribution in [0.2, 0.25) is 0 Å². The van der Waals surface area contributed by atoms with E-state index in [9.17, 15) is 0 Å². The van der Waals surface area contributed by atoms with E-state index in [1.165, 1.54) is 0 Å². The van der Waals surface area contributed by atoms with Gasteiger partial charge in [-0.05, 0) is 10.4 Å². The van der Waals surface area contributed by atoms with Gasteiger partial charge in [-0.15, -0.1) is 16.4 Å². The summed E-state index contributed by atoms with van der Waals surface area (Å²) >= 11 is 3.27. The molecule has 0 aliphatic rings. The van der Waals surface area contributed by atoms with E-state index in [2.05, 4.69) is 39.7 Å². The molecule has 0 unspecified atom stereocenters. The molecule has 0 aliphatic heterocycles. The minimum Gasteiger partial charge on any atom is -0.313 e. The van der Waals surface area contributed by atoms with E-state index < -0.39 is 0 Å². The Labute approximate surface area is 114 Å². The van der Waals surface area contributed by atoms with Crippen LogP contribution in [0.5, 0.6) is 0 Å². The SMILES string of the molecule is CC(C)NCCn1nnnc1SCc1nccs1. The first-order chi connectivity index (χ1) is 8.75. The van der Waals surface area contributed by atoms with Gasteiger partial charge >= 0.3 is 0 Å². The number of hydrogen-bond donors (Lipinski definition) is 1. The van der Waals surface area contributed by atoms with Crippen molar-refractivity contribution in [3.63, 3.8) is 0 Å². The first-order valence-corrected chi connectivity index (χ1v) is 7.63. The highest BCUT2D eigenvalue weighted by Crippen LogP contribution is 2.20. The normalized spacial score (nSPS) is 11.3. The molecule has 0 saturated carbocycles. The first-order valence-electron chi connectivity index (χ1n) is 5.76. The zero-order chi connectivity index (χ0) is 12.8. The van der Waals surface area contributed by atoms with Gasteiger partial charge in [0.1, 0.15) is 5.01 Å². The molecule has 2 aromatic rings. The first kappa shape index (κ1) is 13.4. The molecule has 0 radical (unpaired) electrons. The fourth-order valence-electron chi connectivity index (χ4n) is 1.35. The fraction of sp³-hybridized carbons (Fsp3) is 0.600. The summed E-state index contributed by atoms with van der Waals surface area (Å²) in [6.45, 7) is 5.90. The van der Waals surface area contributed by atoms with Gasteiger partial charge < -0.3 is 5.32 Å². The van der Waals surface area contributed by atoms with Crippen molar-refractivity contribution in [2.24, 2.45) is 0 Å². The van der Waals surface area contributed by atoms with Gasteiger partial charge in [0.2, 0.25) is 5.16 Å². The lowest BCUT2D eigenvalue weighted by molar-refractivity contribution is 0.485. The van der Waals surface area contributed by atoms with Crippen LogP contribution < -0.4 is 5.32 Å². The highest BCUT2D eigenvalue weighted by molar-refractivity contribution is 7.98. The van der Waals surface area contributed by atoms with Crippen molar-refractivity contribution in [2.75, 3.05) is 6.54 Å². The Morgan fingerprint density at radius 1 is 1.50 bits per heavy atom. The van der Waals surface area contributed by atoms with Crippen LogP contribution in [0.4, 0.5) is 0 Å². The molecular weight excluding hydrogens is 268 g/mol. The summed E-state index contributed by atoms with van der Waals surface area (Å²) in [5.74, 6) is 0.815. The van der Waals surface area contributed by atoms with E-state index in [1.54, 1.807) is 23.1 Å². The molecule has 1 N–H and O–H groups in total. The zero-order valence-electron chi connectivity index (χ0n) is 10.4. The predicted octanol–water partition coefficient (Wildman–Crippen LogP) is 1.42. The van der Waals surface area contributed by atoms with E-state index in [4.69, 9.17) is 0 Å². The third kappa shape index (κ3) is 4.04. The Morgan fingerprint density at radius 2 is 2.39 bits per heavy atom. The van der Waals surface area contributed by atoms with Crippen LogP contribution in [0.25, 0.3) is 0 Å². The van der Waals surface area contributed by atoms with Crippen molar-refractivity contribution >= 4 is 23.1 Å². The Bertz CT molecular complexity index is 453. The molecule has 2 rings (SSSR count). The summed E-state index contributed by atoms with van der Waals surface area (Å²) in [5, 5.41) is 19.0. The monoisotopic (exact) mass is 284 g/mol. The summed E-state index contributed by atoms with van der Waals surface area (Å²) in [6, 6.07) is 0.480. The number of thiazole rings is 1. The smallest absolute Gasteiger partial charge is 0.209 e. The lowest BCUT2D eigenvalue weighted by Crippen LogP contribution is -2.27. The fourth-order valence-corrected chi connectivity index (χ4v) is 2.90. The van der Waals surface area contributed by atoms with Crippen LogP contribution in [0.1, 0.15) is 18.9 Å². The molecular formula is C10H16N6S2. The largest absolute Gasteiger partial charge is 0.313 e. The number of hydrogen-bond acceptors (Lipinski definition) is 7. The number of nitrogens with zero attached hydrogens (tertiary/aromatic N) is 5. The molecule has 0 aliphatic carbocycles. The molecule has 0 amide bonds. The molecule has 6 nitrogen and oxygen atoms in total. The lowest BCUT2D eigenvalue weighted by atomic mass is 10.4. The molecule has 0 bridgehead atoms. The van der Waals surface area contributed by atoms with Gasteiger partial charge in [0.15, 0.2) is 0 Å². The quantitative estimate of drug-likeness (QED) is 0.776. The molecule has 98 valence electrons. The molecule has 0 spiro atoms. The van der Waals surface area contributed by atoms with Crippen LogP contribution in [0.15, 0.2) is 16.7 Å². The van der Waals surface area contributed by atoms with Gasteiger partial charge in [-0.1, -0.05) is 25.6 Å². The third-order valence-electron chi connectivity index (χ3n) is 2.18. The summed E-state index contributed by atoms with van der Waals surface area (Å²) in [6.07, 6.45) is 1.82. The van der Waals surface area contributed by atoms with Crippen LogP contribution in [0, 0.1) is 0 Å². The average Bonchev–Trinajstić information content (AvgIpc) is 2.96. The maximum Gasteiger partial charge on any atom is 0.209 e. The number of rotatable bonds is 7. The minimum absolute atomic E-state index is 0.480. The van der Waals surface area contributed by atoms with E-state index in [1.807, 2.05) is 16.3 Å². The maximum atomic E-state index is 4.24. The Hall–Kier alpha value is -0.990. The summed E-state index contributed by atoms with van der Waals surface area (Å²) in [4.78, 5) is 4.24. The van der Waals surface area contributed by atoms with Gasteiger partial charge in [0.25, 0.3) is 0 Å². The van der Waals surface area contributed by atoms with Crippen molar-refractivity contribution in [1.82, 2.24) is 30.5 Å². The van der Waals surface area contributed by atoms with Crippen molar-refractivity contribution in [2.45, 2.75) is 37.3 Å². The number of nitrogens with one attached hydrogen (secondary N) is 1. The topological polar surface area (TPSA) is 68.5 Å². The molecule has 0 atom stereocenters. The highest BCUT2D eigenvalue weighted by Gasteiger charge is 2.07. The van der Waals surface area contributed by atoms with Gasteiger partial charge in [0.05, 0.1) is 12.3 Å². The van der Waals surface area contributed by atoms with Crippen LogP contribution in [-0.4, -0.2) is 37.8 Å². The van der Waals surface area contributed by atoms with Crippen LogP contribution in [0.3, 0.4) is 0 Å². The Kier molecular flexibility index (Phi) is 5.09. The van der Waals surface area contributed by atoms with E-state index in [-0.39, 0.29) is 0 Å². The number of thioether (sulfide) groups is 1. The highest BCUT2D eigenvalue weighted by atomic mass is 32.2. The molecule has 18 heavy (non-hydrogen) atoms. The van der Waals surface area contributed by atoms with Crippen LogP contribution in [-0.2, 0) is 12.3 Å². The molecule has 0 saturated heterocycles. The number of tetrazole rings is 1. The zero-order valence-corrected chi connectivity index (χ0v) is 12.0. The second kappa shape index (κ2) is 6.81. The lowest BCUT2D eigenvalue weighted by Gasteiger charge is -2.08. The predicted molar refractivity (Wildman–Crippen MR) is 72.6 cm³/mol. The van der Waals surface area contributed by atoms with Crippen molar-refractivity contribution < 1.29 is 0 Å². The van der Waals surface area contributed by atoms with E-state index >= 15 is 0 Å². The van der Waals surface area contributed by atoms with Gasteiger partial charge in [-0.2, -0.15) is 0 Å². The average molecular weight is 284 g/mol. The molecule has 0 fully saturated rings. The second-order valence-corrected chi connectivity index (χ2v) is 5.93. The minimum atomic E-state index is 0.480. The van der Waals surface area contributed by atoms with Crippen molar-refractivity contribution in [3.8, 4) is 0 Å². The Balaban J connectivity index is 1.83. The van der Waals surface area contributed by atoms with Gasteiger partial charge in [-0.25, -0.2) is 9.67 Å². The molecule has 8 heteroatoms. The van der Waals surface area contributed by atoms with Crippen molar-refractivity contribution in [1.29, 1.82) is 0 Å². The van der Waals surface area contributed by atoms with Gasteiger partial charge in [-0.3, -0.25) is 0 Å². The van der Waals surface area contributed by atoms with Crippen LogP contribution >= 0.6 is 23.1 Å². The Morgan fingerprint density at radius 3 is 3.11 bits per heavy atom. The van der Waals surface area contributed by atoms with Gasteiger partial charge in [0, 0.05) is 24.2 Å². The maximum absolute atomic E-state index is 4.24.